The van der Waals surface area contributed by atoms with E-state index in [4.69, 9.17) is 4.74 Å². The predicted octanol–water partition coefficient (Wildman–Crippen LogP) is 0.0530. The molecule has 1 aliphatic heterocycles. The SMILES string of the molecule is CCCCCCC#Cc1nc2c(ncn2[C@@H]2O[C@H](CO)[C@@H](O)[C@H]2O)c(=O)[nH]1. The number of unbranched alkanes of at least 4 members (excludes halogenated alkanes) is 4. The fourth-order valence-electron chi connectivity index (χ4n) is 3.07. The lowest BCUT2D eigenvalue weighted by atomic mass is 10.1. The molecule has 0 radical (unpaired) electrons. The molecule has 146 valence electrons. The van der Waals surface area contributed by atoms with Crippen molar-refractivity contribution in [3.05, 3.63) is 22.5 Å². The molecule has 0 aliphatic carbocycles. The minimum absolute atomic E-state index is 0.0845. The molecule has 1 saturated heterocycles. The highest BCUT2D eigenvalue weighted by atomic mass is 16.6. The molecule has 0 spiro atoms. The first-order valence-corrected chi connectivity index (χ1v) is 9.15. The van der Waals surface area contributed by atoms with Gasteiger partial charge < -0.3 is 20.1 Å². The van der Waals surface area contributed by atoms with E-state index in [-0.39, 0.29) is 17.0 Å². The van der Waals surface area contributed by atoms with E-state index in [0.717, 1.165) is 25.7 Å². The number of hydrogen-bond acceptors (Lipinski definition) is 7. The van der Waals surface area contributed by atoms with Crippen LogP contribution in [0.2, 0.25) is 0 Å². The van der Waals surface area contributed by atoms with Crippen LogP contribution in [0.1, 0.15) is 51.1 Å². The van der Waals surface area contributed by atoms with Gasteiger partial charge in [0.15, 0.2) is 23.2 Å². The highest BCUT2D eigenvalue weighted by Gasteiger charge is 2.44. The molecule has 0 aromatic carbocycles. The summed E-state index contributed by atoms with van der Waals surface area (Å²) in [6.07, 6.45) is 2.01. The lowest BCUT2D eigenvalue weighted by Gasteiger charge is -2.16. The van der Waals surface area contributed by atoms with Gasteiger partial charge in [-0.15, -0.1) is 0 Å². The van der Waals surface area contributed by atoms with Gasteiger partial charge in [-0.3, -0.25) is 14.3 Å². The van der Waals surface area contributed by atoms with Crippen LogP contribution in [0.15, 0.2) is 11.1 Å². The highest BCUT2D eigenvalue weighted by Crippen LogP contribution is 2.30. The van der Waals surface area contributed by atoms with E-state index in [1.165, 1.54) is 17.3 Å². The fraction of sp³-hybridized carbons (Fsp3) is 0.611. The zero-order valence-electron chi connectivity index (χ0n) is 15.1. The molecular formula is C18H24N4O5. The molecule has 1 fully saturated rings. The van der Waals surface area contributed by atoms with Crippen LogP contribution in [0.3, 0.4) is 0 Å². The Bertz CT molecular complexity index is 897. The second-order valence-electron chi connectivity index (χ2n) is 6.58. The summed E-state index contributed by atoms with van der Waals surface area (Å²) >= 11 is 0. The molecule has 9 heteroatoms. The molecule has 0 saturated carbocycles. The zero-order valence-corrected chi connectivity index (χ0v) is 15.1. The van der Waals surface area contributed by atoms with E-state index in [9.17, 15) is 20.1 Å². The van der Waals surface area contributed by atoms with Gasteiger partial charge in [-0.05, 0) is 12.3 Å². The molecule has 9 nitrogen and oxygen atoms in total. The average Bonchev–Trinajstić information content (AvgIpc) is 3.20. The third-order valence-corrected chi connectivity index (χ3v) is 4.59. The molecule has 4 N–H and O–H groups in total. The van der Waals surface area contributed by atoms with E-state index < -0.39 is 36.7 Å². The fourth-order valence-corrected chi connectivity index (χ4v) is 3.07. The van der Waals surface area contributed by atoms with Crippen molar-refractivity contribution >= 4 is 11.2 Å². The van der Waals surface area contributed by atoms with Crippen LogP contribution < -0.4 is 5.56 Å². The largest absolute Gasteiger partial charge is 0.394 e. The Morgan fingerprint density at radius 1 is 1.30 bits per heavy atom. The summed E-state index contributed by atoms with van der Waals surface area (Å²) < 4.78 is 6.86. The first-order valence-electron chi connectivity index (χ1n) is 9.15. The summed E-state index contributed by atoms with van der Waals surface area (Å²) in [6, 6.07) is 0. The molecule has 0 unspecified atom stereocenters. The Hall–Kier alpha value is -2.25. The number of H-pyrrole nitrogens is 1. The number of imidazole rings is 1. The molecule has 27 heavy (non-hydrogen) atoms. The van der Waals surface area contributed by atoms with Crippen molar-refractivity contribution in [2.45, 2.75) is 63.6 Å². The minimum atomic E-state index is -1.28. The van der Waals surface area contributed by atoms with Crippen molar-refractivity contribution in [3.8, 4) is 11.8 Å². The predicted molar refractivity (Wildman–Crippen MR) is 96.8 cm³/mol. The van der Waals surface area contributed by atoms with Crippen LogP contribution in [0, 0.1) is 11.8 Å². The Morgan fingerprint density at radius 3 is 2.81 bits per heavy atom. The van der Waals surface area contributed by atoms with Crippen LogP contribution in [0.5, 0.6) is 0 Å². The number of fused-ring (bicyclic) bond motifs is 1. The van der Waals surface area contributed by atoms with Crippen molar-refractivity contribution in [2.24, 2.45) is 0 Å². The molecule has 4 atom stereocenters. The second-order valence-corrected chi connectivity index (χ2v) is 6.58. The van der Waals surface area contributed by atoms with E-state index in [1.807, 2.05) is 0 Å². The third kappa shape index (κ3) is 4.04. The van der Waals surface area contributed by atoms with E-state index >= 15 is 0 Å². The number of rotatable bonds is 6. The molecule has 1 aliphatic rings. The van der Waals surface area contributed by atoms with Gasteiger partial charge >= 0.3 is 0 Å². The van der Waals surface area contributed by atoms with Gasteiger partial charge in [-0.25, -0.2) is 9.97 Å². The van der Waals surface area contributed by atoms with Gasteiger partial charge in [-0.2, -0.15) is 0 Å². The normalized spacial score (nSPS) is 24.9. The van der Waals surface area contributed by atoms with Gasteiger partial charge in [0.2, 0.25) is 0 Å². The zero-order chi connectivity index (χ0) is 19.4. The molecular weight excluding hydrogens is 352 g/mol. The van der Waals surface area contributed by atoms with Gasteiger partial charge in [0.05, 0.1) is 12.9 Å². The Balaban J connectivity index is 1.85. The van der Waals surface area contributed by atoms with Crippen LogP contribution in [-0.4, -0.2) is 59.8 Å². The number of nitrogens with one attached hydrogen (secondary N) is 1. The van der Waals surface area contributed by atoms with E-state index in [1.54, 1.807) is 0 Å². The number of aromatic amines is 1. The second kappa shape index (κ2) is 8.63. The highest BCUT2D eigenvalue weighted by molar-refractivity contribution is 5.69. The molecule has 3 heterocycles. The molecule has 2 aromatic rings. The number of ether oxygens (including phenoxy) is 1. The lowest BCUT2D eigenvalue weighted by Crippen LogP contribution is -2.33. The molecule has 0 bridgehead atoms. The number of aromatic nitrogens is 4. The summed E-state index contributed by atoms with van der Waals surface area (Å²) in [5.74, 6) is 6.06. The number of aliphatic hydroxyl groups is 3. The summed E-state index contributed by atoms with van der Waals surface area (Å²) in [4.78, 5) is 23.2. The smallest absolute Gasteiger partial charge is 0.279 e. The van der Waals surface area contributed by atoms with E-state index in [2.05, 4.69) is 33.7 Å². The summed E-state index contributed by atoms with van der Waals surface area (Å²) in [6.45, 7) is 1.70. The van der Waals surface area contributed by atoms with Crippen molar-refractivity contribution < 1.29 is 20.1 Å². The first kappa shape index (κ1) is 19.5. The summed E-state index contributed by atoms with van der Waals surface area (Å²) in [5.41, 5.74) is -0.161. The van der Waals surface area contributed by atoms with Crippen LogP contribution in [-0.2, 0) is 4.74 Å². The Labute approximate surface area is 156 Å². The van der Waals surface area contributed by atoms with Crippen molar-refractivity contribution in [1.29, 1.82) is 0 Å². The van der Waals surface area contributed by atoms with Gasteiger partial charge in [0.1, 0.15) is 18.3 Å². The number of nitrogens with zero attached hydrogens (tertiary/aromatic N) is 3. The number of aliphatic hydroxyl groups excluding tert-OH is 3. The summed E-state index contributed by atoms with van der Waals surface area (Å²) in [7, 11) is 0. The lowest BCUT2D eigenvalue weighted by molar-refractivity contribution is -0.0511. The van der Waals surface area contributed by atoms with Gasteiger partial charge in [-0.1, -0.05) is 32.1 Å². The van der Waals surface area contributed by atoms with Crippen LogP contribution >= 0.6 is 0 Å². The van der Waals surface area contributed by atoms with Gasteiger partial charge in [0, 0.05) is 6.42 Å². The minimum Gasteiger partial charge on any atom is -0.394 e. The third-order valence-electron chi connectivity index (χ3n) is 4.59. The van der Waals surface area contributed by atoms with Crippen LogP contribution in [0.25, 0.3) is 11.2 Å². The van der Waals surface area contributed by atoms with Crippen molar-refractivity contribution in [2.75, 3.05) is 6.61 Å². The van der Waals surface area contributed by atoms with Crippen molar-refractivity contribution in [1.82, 2.24) is 19.5 Å². The molecule has 3 rings (SSSR count). The summed E-state index contributed by atoms with van der Waals surface area (Å²) in [5, 5.41) is 29.4. The Morgan fingerprint density at radius 2 is 2.11 bits per heavy atom. The maximum Gasteiger partial charge on any atom is 0.279 e. The van der Waals surface area contributed by atoms with Crippen molar-refractivity contribution in [3.63, 3.8) is 0 Å². The quantitative estimate of drug-likeness (QED) is 0.413. The van der Waals surface area contributed by atoms with Gasteiger partial charge in [0.25, 0.3) is 5.56 Å². The maximum atomic E-state index is 12.2. The van der Waals surface area contributed by atoms with Crippen LogP contribution in [0.4, 0.5) is 0 Å². The average molecular weight is 376 g/mol. The number of hydrogen-bond donors (Lipinski definition) is 4. The molecule has 0 amide bonds. The van der Waals surface area contributed by atoms with E-state index in [0.29, 0.717) is 0 Å². The topological polar surface area (TPSA) is 133 Å². The monoisotopic (exact) mass is 376 g/mol. The molecule has 2 aromatic heterocycles. The Kier molecular flexibility index (Phi) is 6.23. The first-order chi connectivity index (χ1) is 13.1. The maximum absolute atomic E-state index is 12.2. The standard InChI is InChI=1S/C18H24N4O5/c1-2-3-4-5-6-7-8-12-20-16-13(17(26)21-12)19-10-22(16)18-15(25)14(24)11(9-23)27-18/h10-11,14-15,18,23-25H,2-6,9H2,1H3,(H,20,21,26)/t11-,14-,15-,18-/m1/s1.